The molecule has 0 aromatic heterocycles. The first-order valence-electron chi connectivity index (χ1n) is 8.69. The van der Waals surface area contributed by atoms with Gasteiger partial charge in [0.15, 0.2) is 0 Å². The summed E-state index contributed by atoms with van der Waals surface area (Å²) in [5, 5.41) is 9.94. The minimum absolute atomic E-state index is 0.0738. The summed E-state index contributed by atoms with van der Waals surface area (Å²) in [7, 11) is 0. The Kier molecular flexibility index (Phi) is 3.09. The monoisotopic (exact) mass is 282 g/mol. The van der Waals surface area contributed by atoms with E-state index in [0.29, 0.717) is 0 Å². The fraction of sp³-hybridized carbons (Fsp3) is 0.700. The second-order valence-corrected chi connectivity index (χ2v) is 7.89. The molecule has 0 aromatic carbocycles. The van der Waals surface area contributed by atoms with Crippen LogP contribution in [0.25, 0.3) is 0 Å². The van der Waals surface area contributed by atoms with E-state index in [1.807, 2.05) is 0 Å². The molecule has 0 aliphatic heterocycles. The highest BCUT2D eigenvalue weighted by molar-refractivity contribution is 5.39. The molecular formula is C20H26O. The highest BCUT2D eigenvalue weighted by atomic mass is 16.3. The fourth-order valence-electron chi connectivity index (χ4n) is 5.98. The largest absolute Gasteiger partial charge is 0.393 e. The molecule has 1 saturated carbocycles. The lowest BCUT2D eigenvalue weighted by Gasteiger charge is -2.51. The van der Waals surface area contributed by atoms with Gasteiger partial charge in [-0.25, -0.2) is 0 Å². The summed E-state index contributed by atoms with van der Waals surface area (Å²) >= 11 is 0. The van der Waals surface area contributed by atoms with E-state index in [4.69, 9.17) is 6.42 Å². The Morgan fingerprint density at radius 1 is 1.29 bits per heavy atom. The van der Waals surface area contributed by atoms with E-state index in [-0.39, 0.29) is 11.5 Å². The van der Waals surface area contributed by atoms with Crippen molar-refractivity contribution >= 4 is 0 Å². The maximum absolute atomic E-state index is 9.94. The molecule has 112 valence electrons. The van der Waals surface area contributed by atoms with Crippen molar-refractivity contribution < 1.29 is 5.11 Å². The van der Waals surface area contributed by atoms with Gasteiger partial charge in [-0.05, 0) is 69.1 Å². The number of hydrogen-bond acceptors (Lipinski definition) is 1. The first-order valence-corrected chi connectivity index (χ1v) is 8.69. The molecule has 0 heterocycles. The van der Waals surface area contributed by atoms with Crippen molar-refractivity contribution in [1.82, 2.24) is 0 Å². The van der Waals surface area contributed by atoms with Gasteiger partial charge in [-0.1, -0.05) is 30.1 Å². The molecule has 0 amide bonds. The van der Waals surface area contributed by atoms with Gasteiger partial charge in [0.05, 0.1) is 6.10 Å². The number of fused-ring (bicyclic) bond motifs is 4. The lowest BCUT2D eigenvalue weighted by atomic mass is 9.53. The predicted octanol–water partition coefficient (Wildman–Crippen LogP) is 4.23. The van der Waals surface area contributed by atoms with Gasteiger partial charge in [-0.2, -0.15) is 0 Å². The highest BCUT2D eigenvalue weighted by Crippen LogP contribution is 2.61. The van der Waals surface area contributed by atoms with Crippen LogP contribution < -0.4 is 0 Å². The van der Waals surface area contributed by atoms with E-state index in [1.54, 1.807) is 11.1 Å². The van der Waals surface area contributed by atoms with Gasteiger partial charge in [-0.15, -0.1) is 6.42 Å². The van der Waals surface area contributed by atoms with Crippen LogP contribution in [0.4, 0.5) is 0 Å². The van der Waals surface area contributed by atoms with Crippen LogP contribution in [-0.4, -0.2) is 11.2 Å². The zero-order chi connectivity index (χ0) is 14.6. The number of hydrogen-bond donors (Lipinski definition) is 1. The van der Waals surface area contributed by atoms with Gasteiger partial charge in [0.2, 0.25) is 0 Å². The third-order valence-corrected chi connectivity index (χ3v) is 7.08. The van der Waals surface area contributed by atoms with Crippen molar-refractivity contribution in [3.05, 3.63) is 22.8 Å². The van der Waals surface area contributed by atoms with Crippen LogP contribution in [0.5, 0.6) is 0 Å². The van der Waals surface area contributed by atoms with Crippen LogP contribution in [0.15, 0.2) is 22.8 Å². The smallest absolute Gasteiger partial charge is 0.0580 e. The summed E-state index contributed by atoms with van der Waals surface area (Å²) in [6, 6.07) is 0. The Hall–Kier alpha value is -1.00. The molecule has 4 aliphatic rings. The molecule has 0 radical (unpaired) electrons. The van der Waals surface area contributed by atoms with Crippen molar-refractivity contribution in [2.45, 2.75) is 64.4 Å². The Morgan fingerprint density at radius 2 is 2.14 bits per heavy atom. The summed E-state index contributed by atoms with van der Waals surface area (Å²) in [5.41, 5.74) is 4.92. The van der Waals surface area contributed by atoms with Crippen molar-refractivity contribution in [1.29, 1.82) is 0 Å². The minimum atomic E-state index is -0.0738. The lowest BCUT2D eigenvalue weighted by molar-refractivity contribution is 0.0518. The predicted molar refractivity (Wildman–Crippen MR) is 85.5 cm³/mol. The van der Waals surface area contributed by atoms with Gasteiger partial charge in [0.25, 0.3) is 0 Å². The summed E-state index contributed by atoms with van der Waals surface area (Å²) in [6.45, 7) is 2.42. The quantitative estimate of drug-likeness (QED) is 0.520. The molecule has 4 aliphatic carbocycles. The molecule has 0 bridgehead atoms. The molecule has 1 nitrogen and oxygen atoms in total. The average molecular weight is 282 g/mol. The maximum atomic E-state index is 9.94. The third kappa shape index (κ3) is 1.88. The first-order chi connectivity index (χ1) is 10.1. The first kappa shape index (κ1) is 13.6. The van der Waals surface area contributed by atoms with E-state index in [1.165, 1.54) is 37.7 Å². The standard InChI is InChI=1S/C20H26O/c1-3-14-5-9-19-18-7-4-13-12-15(21)6-8-16(13)17(18)10-11-20(14,19)2/h1,5,15,17-19,21H,4,6-12H2,2H3. The number of aliphatic hydroxyl groups excluding tert-OH is 1. The summed E-state index contributed by atoms with van der Waals surface area (Å²) < 4.78 is 0. The van der Waals surface area contributed by atoms with Gasteiger partial charge in [0, 0.05) is 11.0 Å². The van der Waals surface area contributed by atoms with Crippen LogP contribution >= 0.6 is 0 Å². The van der Waals surface area contributed by atoms with Gasteiger partial charge in [-0.3, -0.25) is 0 Å². The average Bonchev–Trinajstić information content (AvgIpc) is 2.83. The fourth-order valence-corrected chi connectivity index (χ4v) is 5.98. The molecular weight excluding hydrogens is 256 g/mol. The molecule has 0 spiro atoms. The maximum Gasteiger partial charge on any atom is 0.0580 e. The molecule has 21 heavy (non-hydrogen) atoms. The van der Waals surface area contributed by atoms with Crippen molar-refractivity contribution in [2.75, 3.05) is 0 Å². The molecule has 0 aromatic rings. The Morgan fingerprint density at radius 3 is 2.95 bits per heavy atom. The zero-order valence-electron chi connectivity index (χ0n) is 13.1. The van der Waals surface area contributed by atoms with Crippen LogP contribution in [0.2, 0.25) is 0 Å². The van der Waals surface area contributed by atoms with E-state index < -0.39 is 0 Å². The topological polar surface area (TPSA) is 20.2 Å². The molecule has 4 rings (SSSR count). The number of terminal acetylenes is 1. The van der Waals surface area contributed by atoms with E-state index in [0.717, 1.165) is 37.0 Å². The number of allylic oxidation sites excluding steroid dienone is 3. The molecule has 0 saturated heterocycles. The second kappa shape index (κ2) is 4.75. The SMILES string of the molecule is C#CC1=CCC2C3CCC4=C(CCC(O)C4)C3CCC12C. The van der Waals surface area contributed by atoms with Gasteiger partial charge in [0.1, 0.15) is 0 Å². The van der Waals surface area contributed by atoms with Crippen molar-refractivity contribution in [2.24, 2.45) is 23.2 Å². The van der Waals surface area contributed by atoms with Crippen LogP contribution in [0, 0.1) is 35.5 Å². The molecule has 1 fully saturated rings. The van der Waals surface area contributed by atoms with Crippen LogP contribution in [-0.2, 0) is 0 Å². The van der Waals surface area contributed by atoms with Gasteiger partial charge >= 0.3 is 0 Å². The Balaban J connectivity index is 1.64. The molecule has 1 N–H and O–H groups in total. The van der Waals surface area contributed by atoms with Crippen molar-refractivity contribution in [3.63, 3.8) is 0 Å². The lowest BCUT2D eigenvalue weighted by Crippen LogP contribution is -2.43. The van der Waals surface area contributed by atoms with E-state index >= 15 is 0 Å². The number of rotatable bonds is 0. The normalized spacial score (nSPS) is 45.3. The van der Waals surface area contributed by atoms with Gasteiger partial charge < -0.3 is 5.11 Å². The molecule has 5 unspecified atom stereocenters. The Bertz CT molecular complexity index is 561. The molecule has 1 heteroatoms. The highest BCUT2D eigenvalue weighted by Gasteiger charge is 2.52. The zero-order valence-corrected chi connectivity index (χ0v) is 13.1. The van der Waals surface area contributed by atoms with Crippen molar-refractivity contribution in [3.8, 4) is 12.3 Å². The van der Waals surface area contributed by atoms with Crippen LogP contribution in [0.3, 0.4) is 0 Å². The van der Waals surface area contributed by atoms with Crippen LogP contribution in [0.1, 0.15) is 58.3 Å². The number of aliphatic hydroxyl groups is 1. The second-order valence-electron chi connectivity index (χ2n) is 7.89. The summed E-state index contributed by atoms with van der Waals surface area (Å²) in [6.07, 6.45) is 17.4. The van der Waals surface area contributed by atoms with E-state index in [2.05, 4.69) is 18.9 Å². The third-order valence-electron chi connectivity index (χ3n) is 7.08. The summed E-state index contributed by atoms with van der Waals surface area (Å²) in [5.74, 6) is 5.37. The van der Waals surface area contributed by atoms with E-state index in [9.17, 15) is 5.11 Å². The minimum Gasteiger partial charge on any atom is -0.393 e. The molecule has 5 atom stereocenters. The Labute approximate surface area is 128 Å². The summed E-state index contributed by atoms with van der Waals surface area (Å²) in [4.78, 5) is 0.